The second kappa shape index (κ2) is 5.32. The molecule has 21 heavy (non-hydrogen) atoms. The Morgan fingerprint density at radius 3 is 2.76 bits per heavy atom. The van der Waals surface area contributed by atoms with Crippen molar-refractivity contribution in [2.45, 2.75) is 33.1 Å². The zero-order chi connectivity index (χ0) is 15.0. The number of aromatic nitrogens is 2. The summed E-state index contributed by atoms with van der Waals surface area (Å²) >= 11 is 0. The summed E-state index contributed by atoms with van der Waals surface area (Å²) < 4.78 is 16.3. The first-order valence-corrected chi connectivity index (χ1v) is 7.33. The lowest BCUT2D eigenvalue weighted by atomic mass is 9.99. The molecule has 0 amide bonds. The van der Waals surface area contributed by atoms with E-state index in [1.54, 1.807) is 18.6 Å². The maximum atomic E-state index is 14.3. The van der Waals surface area contributed by atoms with E-state index >= 15 is 0 Å². The number of aryl methyl sites for hydroxylation is 1. The number of hydrogen-bond donors (Lipinski definition) is 0. The van der Waals surface area contributed by atoms with Gasteiger partial charge in [0.25, 0.3) is 0 Å². The highest BCUT2D eigenvalue weighted by Gasteiger charge is 2.16. The van der Waals surface area contributed by atoms with Crippen molar-refractivity contribution >= 4 is 5.52 Å². The molecule has 0 N–H and O–H groups in total. The van der Waals surface area contributed by atoms with Crippen LogP contribution in [0.3, 0.4) is 0 Å². The largest absolute Gasteiger partial charge is 0.300 e. The normalized spacial score (nSPS) is 12.8. The summed E-state index contributed by atoms with van der Waals surface area (Å²) in [6.07, 6.45) is 4.60. The minimum Gasteiger partial charge on any atom is -0.300 e. The lowest BCUT2D eigenvalue weighted by Gasteiger charge is -2.06. The molecule has 0 radical (unpaired) electrons. The van der Waals surface area contributed by atoms with Crippen LogP contribution in [0.2, 0.25) is 0 Å². The van der Waals surface area contributed by atoms with Gasteiger partial charge in [-0.3, -0.25) is 0 Å². The number of halogens is 1. The Morgan fingerprint density at radius 2 is 2.05 bits per heavy atom. The second-order valence-electron chi connectivity index (χ2n) is 5.61. The van der Waals surface area contributed by atoms with Gasteiger partial charge in [-0.15, -0.1) is 0 Å². The third-order valence-corrected chi connectivity index (χ3v) is 4.15. The zero-order valence-electron chi connectivity index (χ0n) is 12.6. The van der Waals surface area contributed by atoms with Gasteiger partial charge >= 0.3 is 0 Å². The van der Waals surface area contributed by atoms with Crippen LogP contribution in [0.15, 0.2) is 42.9 Å². The molecule has 3 aromatic rings. The molecule has 2 nitrogen and oxygen atoms in total. The molecule has 0 aliphatic carbocycles. The lowest BCUT2D eigenvalue weighted by molar-refractivity contribution is 0.629. The number of benzene rings is 1. The van der Waals surface area contributed by atoms with E-state index in [9.17, 15) is 4.39 Å². The summed E-state index contributed by atoms with van der Waals surface area (Å²) in [5, 5.41) is 0. The van der Waals surface area contributed by atoms with Crippen molar-refractivity contribution in [3.8, 4) is 11.3 Å². The second-order valence-corrected chi connectivity index (χ2v) is 5.61. The topological polar surface area (TPSA) is 17.3 Å². The molecule has 0 bridgehead atoms. The van der Waals surface area contributed by atoms with Gasteiger partial charge in [0.1, 0.15) is 5.82 Å². The van der Waals surface area contributed by atoms with Crippen molar-refractivity contribution in [1.29, 1.82) is 0 Å². The molecule has 0 saturated carbocycles. The average molecular weight is 282 g/mol. The van der Waals surface area contributed by atoms with Crippen LogP contribution in [0, 0.1) is 12.7 Å². The SMILES string of the molecule is CCC(C)c1cc(-c2ccc(C)cc2F)n2cnccc12. The van der Waals surface area contributed by atoms with Gasteiger partial charge in [0.05, 0.1) is 17.5 Å². The highest BCUT2D eigenvalue weighted by molar-refractivity contribution is 5.72. The summed E-state index contributed by atoms with van der Waals surface area (Å²) in [4.78, 5) is 4.19. The van der Waals surface area contributed by atoms with Gasteiger partial charge in [-0.05, 0) is 54.7 Å². The van der Waals surface area contributed by atoms with Crippen molar-refractivity contribution in [2.24, 2.45) is 0 Å². The lowest BCUT2D eigenvalue weighted by Crippen LogP contribution is -1.93. The number of fused-ring (bicyclic) bond motifs is 1. The molecule has 3 heteroatoms. The number of nitrogens with zero attached hydrogens (tertiary/aromatic N) is 2. The average Bonchev–Trinajstić information content (AvgIpc) is 2.86. The smallest absolute Gasteiger partial charge is 0.132 e. The Labute approximate surface area is 124 Å². The quantitative estimate of drug-likeness (QED) is 0.663. The molecule has 3 rings (SSSR count). The predicted octanol–water partition coefficient (Wildman–Crippen LogP) is 4.96. The molecular weight excluding hydrogens is 263 g/mol. The monoisotopic (exact) mass is 282 g/mol. The summed E-state index contributed by atoms with van der Waals surface area (Å²) in [5.41, 5.74) is 4.77. The molecular formula is C18H19FN2. The summed E-state index contributed by atoms with van der Waals surface area (Å²) in [6.45, 7) is 6.27. The first-order valence-electron chi connectivity index (χ1n) is 7.33. The molecule has 0 saturated heterocycles. The molecule has 2 heterocycles. The van der Waals surface area contributed by atoms with Crippen LogP contribution in [0.4, 0.5) is 4.39 Å². The summed E-state index contributed by atoms with van der Waals surface area (Å²) in [5.74, 6) is 0.249. The third kappa shape index (κ3) is 2.33. The first-order chi connectivity index (χ1) is 10.1. The highest BCUT2D eigenvalue weighted by Crippen LogP contribution is 2.33. The fourth-order valence-electron chi connectivity index (χ4n) is 2.73. The van der Waals surface area contributed by atoms with Crippen LogP contribution in [0.5, 0.6) is 0 Å². The fraction of sp³-hybridized carbons (Fsp3) is 0.278. The third-order valence-electron chi connectivity index (χ3n) is 4.15. The van der Waals surface area contributed by atoms with Crippen molar-refractivity contribution in [2.75, 3.05) is 0 Å². The molecule has 0 aliphatic heterocycles. The molecule has 0 fully saturated rings. The van der Waals surface area contributed by atoms with Gasteiger partial charge in [-0.1, -0.05) is 19.9 Å². The van der Waals surface area contributed by atoms with Crippen molar-refractivity contribution < 1.29 is 4.39 Å². The Balaban J connectivity index is 2.28. The van der Waals surface area contributed by atoms with Crippen molar-refractivity contribution in [3.63, 3.8) is 0 Å². The van der Waals surface area contributed by atoms with Crippen LogP contribution in [0.25, 0.3) is 16.8 Å². The molecule has 0 aliphatic rings. The van der Waals surface area contributed by atoms with E-state index in [0.29, 0.717) is 11.5 Å². The van der Waals surface area contributed by atoms with E-state index < -0.39 is 0 Å². The van der Waals surface area contributed by atoms with E-state index in [0.717, 1.165) is 23.2 Å². The minimum absolute atomic E-state index is 0.186. The highest BCUT2D eigenvalue weighted by atomic mass is 19.1. The molecule has 1 unspecified atom stereocenters. The number of hydrogen-bond acceptors (Lipinski definition) is 1. The minimum atomic E-state index is -0.186. The van der Waals surface area contributed by atoms with Crippen LogP contribution in [-0.2, 0) is 0 Å². The predicted molar refractivity (Wildman–Crippen MR) is 84.0 cm³/mol. The maximum absolute atomic E-state index is 14.3. The Morgan fingerprint density at radius 1 is 1.24 bits per heavy atom. The molecule has 108 valence electrons. The van der Waals surface area contributed by atoms with Crippen LogP contribution >= 0.6 is 0 Å². The van der Waals surface area contributed by atoms with E-state index in [1.807, 2.05) is 29.5 Å². The molecule has 0 spiro atoms. The van der Waals surface area contributed by atoms with Gasteiger partial charge in [-0.2, -0.15) is 0 Å². The maximum Gasteiger partial charge on any atom is 0.132 e. The molecule has 1 aromatic carbocycles. The van der Waals surface area contributed by atoms with Crippen molar-refractivity contribution in [3.05, 3.63) is 59.8 Å². The Hall–Kier alpha value is -2.16. The Bertz CT molecular complexity index is 789. The summed E-state index contributed by atoms with van der Waals surface area (Å²) in [7, 11) is 0. The van der Waals surface area contributed by atoms with Gasteiger partial charge in [0, 0.05) is 11.8 Å². The standard InChI is InChI=1S/C18H19FN2/c1-4-13(3)15-10-18(21-11-20-8-7-17(15)21)14-6-5-12(2)9-16(14)19/h5-11,13H,4H2,1-3H3. The van der Waals surface area contributed by atoms with E-state index in [-0.39, 0.29) is 5.82 Å². The van der Waals surface area contributed by atoms with Crippen LogP contribution < -0.4 is 0 Å². The van der Waals surface area contributed by atoms with Crippen LogP contribution in [-0.4, -0.2) is 9.38 Å². The van der Waals surface area contributed by atoms with Crippen LogP contribution in [0.1, 0.15) is 37.3 Å². The van der Waals surface area contributed by atoms with E-state index in [1.165, 1.54) is 5.56 Å². The van der Waals surface area contributed by atoms with Crippen molar-refractivity contribution in [1.82, 2.24) is 9.38 Å². The first kappa shape index (κ1) is 13.8. The molecule has 2 aromatic heterocycles. The van der Waals surface area contributed by atoms with Gasteiger partial charge in [-0.25, -0.2) is 9.37 Å². The Kier molecular flexibility index (Phi) is 3.50. The van der Waals surface area contributed by atoms with E-state index in [4.69, 9.17) is 0 Å². The zero-order valence-corrected chi connectivity index (χ0v) is 12.6. The fourth-order valence-corrected chi connectivity index (χ4v) is 2.73. The molecule has 1 atom stereocenters. The van der Waals surface area contributed by atoms with Gasteiger partial charge in [0.15, 0.2) is 0 Å². The van der Waals surface area contributed by atoms with E-state index in [2.05, 4.69) is 24.9 Å². The number of rotatable bonds is 3. The van der Waals surface area contributed by atoms with Gasteiger partial charge < -0.3 is 4.40 Å². The summed E-state index contributed by atoms with van der Waals surface area (Å²) in [6, 6.07) is 9.46. The van der Waals surface area contributed by atoms with Gasteiger partial charge in [0.2, 0.25) is 0 Å².